The third-order valence-electron chi connectivity index (χ3n) is 5.72. The fourth-order valence-corrected chi connectivity index (χ4v) is 4.26. The Labute approximate surface area is 184 Å². The summed E-state index contributed by atoms with van der Waals surface area (Å²) in [7, 11) is 0. The van der Waals surface area contributed by atoms with Gasteiger partial charge < -0.3 is 15.1 Å². The van der Waals surface area contributed by atoms with Crippen molar-refractivity contribution in [1.82, 2.24) is 9.88 Å². The van der Waals surface area contributed by atoms with Crippen LogP contribution in [0.1, 0.15) is 51.2 Å². The van der Waals surface area contributed by atoms with E-state index in [9.17, 15) is 19.4 Å². The normalized spacial score (nSPS) is 17.0. The van der Waals surface area contributed by atoms with Gasteiger partial charge in [-0.15, -0.1) is 0 Å². The van der Waals surface area contributed by atoms with Crippen molar-refractivity contribution in [3.8, 4) is 0 Å². The van der Waals surface area contributed by atoms with Crippen molar-refractivity contribution < 1.29 is 19.4 Å². The third-order valence-corrected chi connectivity index (χ3v) is 6.02. The van der Waals surface area contributed by atoms with E-state index in [1.54, 1.807) is 29.3 Å². The number of pyridine rings is 1. The largest absolute Gasteiger partial charge is 0.392 e. The molecular weight excluding hydrogens is 419 g/mol. The van der Waals surface area contributed by atoms with Gasteiger partial charge in [0.05, 0.1) is 11.6 Å². The lowest BCUT2D eigenvalue weighted by Gasteiger charge is -2.20. The van der Waals surface area contributed by atoms with Gasteiger partial charge in [-0.3, -0.25) is 4.79 Å². The summed E-state index contributed by atoms with van der Waals surface area (Å²) in [5.41, 5.74) is 3.08. The van der Waals surface area contributed by atoms with Gasteiger partial charge in [-0.05, 0) is 52.9 Å². The van der Waals surface area contributed by atoms with Crippen molar-refractivity contribution in [2.45, 2.75) is 25.0 Å². The lowest BCUT2D eigenvalue weighted by atomic mass is 9.90. The van der Waals surface area contributed by atoms with Gasteiger partial charge >= 0.3 is 0 Å². The fraction of sp³-hybridized carbons (Fsp3) is 0.250. The maximum atomic E-state index is 13.2. The number of hydrogen-bond donors (Lipinski definition) is 2. The Bertz CT molecular complexity index is 1090. The molecule has 0 radical (unpaired) electrons. The van der Waals surface area contributed by atoms with Gasteiger partial charge in [0.15, 0.2) is 0 Å². The number of benzene rings is 2. The summed E-state index contributed by atoms with van der Waals surface area (Å²) in [4.78, 5) is 18.6. The molecule has 1 saturated heterocycles. The zero-order valence-corrected chi connectivity index (χ0v) is 17.5. The third kappa shape index (κ3) is 4.46. The first-order chi connectivity index (χ1) is 15.0. The molecule has 2 unspecified atom stereocenters. The van der Waals surface area contributed by atoms with E-state index in [4.69, 9.17) is 11.6 Å². The van der Waals surface area contributed by atoms with Crippen LogP contribution in [0, 0.1) is 5.82 Å². The first kappa shape index (κ1) is 21.4. The number of hydrogen-bond acceptors (Lipinski definition) is 4. The molecule has 0 spiro atoms. The highest BCUT2D eigenvalue weighted by atomic mass is 35.5. The first-order valence-electron chi connectivity index (χ1n) is 10.0. The summed E-state index contributed by atoms with van der Waals surface area (Å²) in [6, 6.07) is 14.5. The number of amides is 1. The molecule has 2 atom stereocenters. The summed E-state index contributed by atoms with van der Waals surface area (Å²) in [5.74, 6) is -0.512. The molecule has 7 heteroatoms. The second-order valence-electron chi connectivity index (χ2n) is 7.64. The minimum absolute atomic E-state index is 0.0607. The number of rotatable bonds is 5. The van der Waals surface area contributed by atoms with Crippen LogP contribution in [0.25, 0.3) is 0 Å². The number of aromatic nitrogens is 1. The van der Waals surface area contributed by atoms with E-state index in [1.165, 1.54) is 24.3 Å². The number of likely N-dealkylation sites (tertiary alicyclic amines) is 1. The molecule has 0 bridgehead atoms. The molecule has 2 N–H and O–H groups in total. The topological polar surface area (TPSA) is 73.7 Å². The van der Waals surface area contributed by atoms with Gasteiger partial charge in [0.25, 0.3) is 5.91 Å². The van der Waals surface area contributed by atoms with Gasteiger partial charge in [0.1, 0.15) is 17.6 Å². The Balaban J connectivity index is 1.53. The second kappa shape index (κ2) is 9.14. The quantitative estimate of drug-likeness (QED) is 0.627. The predicted octanol–water partition coefficient (Wildman–Crippen LogP) is 4.08. The maximum absolute atomic E-state index is 13.2. The van der Waals surface area contributed by atoms with E-state index in [1.807, 2.05) is 12.1 Å². The summed E-state index contributed by atoms with van der Waals surface area (Å²) in [6.45, 7) is 0.885. The van der Waals surface area contributed by atoms with Crippen molar-refractivity contribution in [2.24, 2.45) is 0 Å². The van der Waals surface area contributed by atoms with Crippen LogP contribution in [0.5, 0.6) is 0 Å². The minimum Gasteiger partial charge on any atom is -0.392 e. The fourth-order valence-electron chi connectivity index (χ4n) is 4.06. The molecule has 0 aliphatic carbocycles. The number of aliphatic hydroxyl groups excluding tert-OH is 2. The smallest absolute Gasteiger partial charge is 0.274 e. The number of halogens is 2. The molecule has 3 aromatic rings. The van der Waals surface area contributed by atoms with E-state index in [0.717, 1.165) is 12.0 Å². The van der Waals surface area contributed by atoms with Gasteiger partial charge in [0.2, 0.25) is 0 Å². The summed E-state index contributed by atoms with van der Waals surface area (Å²) in [6.07, 6.45) is 1.37. The van der Waals surface area contributed by atoms with E-state index in [0.29, 0.717) is 34.8 Å². The molecule has 1 aliphatic rings. The van der Waals surface area contributed by atoms with Crippen LogP contribution in [0.15, 0.2) is 60.8 Å². The zero-order chi connectivity index (χ0) is 22.0. The van der Waals surface area contributed by atoms with E-state index in [2.05, 4.69) is 4.98 Å². The van der Waals surface area contributed by atoms with E-state index < -0.39 is 6.10 Å². The van der Waals surface area contributed by atoms with Gasteiger partial charge in [-0.25, -0.2) is 9.37 Å². The second-order valence-corrected chi connectivity index (χ2v) is 8.05. The molecule has 1 fully saturated rings. The first-order valence-corrected chi connectivity index (χ1v) is 10.4. The Hall–Kier alpha value is -2.80. The highest BCUT2D eigenvalue weighted by Crippen LogP contribution is 2.33. The molecule has 0 saturated carbocycles. The van der Waals surface area contributed by atoms with E-state index in [-0.39, 0.29) is 29.9 Å². The number of nitrogens with zero attached hydrogens (tertiary/aromatic N) is 2. The molecule has 1 amide bonds. The molecule has 160 valence electrons. The van der Waals surface area contributed by atoms with Crippen LogP contribution in [-0.2, 0) is 6.61 Å². The Kier molecular flexibility index (Phi) is 6.32. The summed E-state index contributed by atoms with van der Waals surface area (Å²) >= 11 is 6.12. The minimum atomic E-state index is -0.923. The van der Waals surface area contributed by atoms with Gasteiger partial charge in [-0.1, -0.05) is 41.9 Å². The van der Waals surface area contributed by atoms with Gasteiger partial charge in [0, 0.05) is 25.2 Å². The highest BCUT2D eigenvalue weighted by Gasteiger charge is 2.30. The molecule has 4 rings (SSSR count). The van der Waals surface area contributed by atoms with Crippen molar-refractivity contribution in [2.75, 3.05) is 13.1 Å². The van der Waals surface area contributed by atoms with Crippen LogP contribution >= 0.6 is 11.6 Å². The van der Waals surface area contributed by atoms with Crippen LogP contribution in [0.4, 0.5) is 4.39 Å². The van der Waals surface area contributed by atoms with Crippen molar-refractivity contribution in [3.05, 3.63) is 99.6 Å². The van der Waals surface area contributed by atoms with Crippen LogP contribution in [-0.4, -0.2) is 39.1 Å². The standard InChI is InChI=1S/C24H22ClFN2O3/c25-21-2-1-10-27-22(21)24(31)28-11-9-17(13-28)20-8-5-16(12-18(20)14-29)23(30)15-3-6-19(26)7-4-15/h1-8,10,12,17,23,29-30H,9,11,13-14H2. The highest BCUT2D eigenvalue weighted by molar-refractivity contribution is 6.33. The molecule has 1 aromatic heterocycles. The molecule has 2 heterocycles. The van der Waals surface area contributed by atoms with Crippen molar-refractivity contribution in [1.29, 1.82) is 0 Å². The van der Waals surface area contributed by atoms with Crippen LogP contribution in [0.2, 0.25) is 5.02 Å². The Morgan fingerprint density at radius 2 is 1.94 bits per heavy atom. The molecule has 31 heavy (non-hydrogen) atoms. The number of carbonyl (C=O) groups excluding carboxylic acids is 1. The zero-order valence-electron chi connectivity index (χ0n) is 16.7. The molecular formula is C24H22ClFN2O3. The molecule has 2 aromatic carbocycles. The lowest BCUT2D eigenvalue weighted by Crippen LogP contribution is -2.29. The summed E-state index contributed by atoms with van der Waals surface area (Å²) < 4.78 is 13.2. The summed E-state index contributed by atoms with van der Waals surface area (Å²) in [5, 5.41) is 20.9. The van der Waals surface area contributed by atoms with Crippen molar-refractivity contribution >= 4 is 17.5 Å². The Morgan fingerprint density at radius 3 is 2.65 bits per heavy atom. The van der Waals surface area contributed by atoms with E-state index >= 15 is 0 Å². The van der Waals surface area contributed by atoms with Crippen LogP contribution < -0.4 is 0 Å². The van der Waals surface area contributed by atoms with Crippen LogP contribution in [0.3, 0.4) is 0 Å². The molecule has 5 nitrogen and oxygen atoms in total. The Morgan fingerprint density at radius 1 is 1.19 bits per heavy atom. The molecule has 1 aliphatic heterocycles. The number of carbonyl (C=O) groups is 1. The average molecular weight is 441 g/mol. The predicted molar refractivity (Wildman–Crippen MR) is 115 cm³/mol. The lowest BCUT2D eigenvalue weighted by molar-refractivity contribution is 0.0785. The van der Waals surface area contributed by atoms with Gasteiger partial charge in [-0.2, -0.15) is 0 Å². The SMILES string of the molecule is O=C(c1ncccc1Cl)N1CCC(c2ccc(C(O)c3ccc(F)cc3)cc2CO)C1. The maximum Gasteiger partial charge on any atom is 0.274 e. The average Bonchev–Trinajstić information content (AvgIpc) is 3.28. The van der Waals surface area contributed by atoms with Crippen molar-refractivity contribution in [3.63, 3.8) is 0 Å². The number of aliphatic hydroxyl groups is 2. The monoisotopic (exact) mass is 440 g/mol.